The van der Waals surface area contributed by atoms with E-state index in [-0.39, 0.29) is 11.9 Å². The van der Waals surface area contributed by atoms with Crippen molar-refractivity contribution in [3.05, 3.63) is 23.7 Å². The Bertz CT molecular complexity index is 375. The van der Waals surface area contributed by atoms with E-state index < -0.39 is 0 Å². The van der Waals surface area contributed by atoms with Crippen molar-refractivity contribution in [2.24, 2.45) is 5.73 Å². The van der Waals surface area contributed by atoms with Gasteiger partial charge in [0.25, 0.3) is 0 Å². The molecular weight excluding hydrogens is 206 g/mol. The van der Waals surface area contributed by atoms with Crippen LogP contribution >= 0.6 is 0 Å². The topological polar surface area (TPSA) is 71.5 Å². The number of hydrogen-bond donors (Lipinski definition) is 2. The van der Waals surface area contributed by atoms with E-state index in [1.165, 1.54) is 0 Å². The van der Waals surface area contributed by atoms with Gasteiger partial charge in [-0.3, -0.25) is 9.69 Å². The minimum absolute atomic E-state index is 0.237. The Kier molecular flexibility index (Phi) is 3.26. The summed E-state index contributed by atoms with van der Waals surface area (Å²) in [7, 11) is 0. The summed E-state index contributed by atoms with van der Waals surface area (Å²) in [6.07, 6.45) is 0. The predicted octanol–water partition coefficient (Wildman–Crippen LogP) is -0.153. The first-order valence-corrected chi connectivity index (χ1v) is 5.46. The number of nitrogens with one attached hydrogen (secondary N) is 1. The van der Waals surface area contributed by atoms with Crippen molar-refractivity contribution in [2.75, 3.05) is 19.6 Å². The summed E-state index contributed by atoms with van der Waals surface area (Å²) in [6.45, 7) is 4.86. The number of piperazine rings is 1. The van der Waals surface area contributed by atoms with Crippen LogP contribution in [0.3, 0.4) is 0 Å². The molecule has 0 radical (unpaired) electrons. The molecule has 1 aliphatic heterocycles. The van der Waals surface area contributed by atoms with Gasteiger partial charge >= 0.3 is 0 Å². The molecule has 1 saturated heterocycles. The van der Waals surface area contributed by atoms with E-state index in [1.807, 2.05) is 19.1 Å². The summed E-state index contributed by atoms with van der Waals surface area (Å²) < 4.78 is 5.50. The van der Waals surface area contributed by atoms with Crippen molar-refractivity contribution < 1.29 is 9.21 Å². The average Bonchev–Trinajstić information content (AvgIpc) is 2.64. The van der Waals surface area contributed by atoms with Gasteiger partial charge in [-0.2, -0.15) is 0 Å². The molecule has 0 saturated carbocycles. The maximum Gasteiger partial charge on any atom is 0.236 e. The van der Waals surface area contributed by atoms with Gasteiger partial charge in [0.05, 0.1) is 6.54 Å². The zero-order valence-corrected chi connectivity index (χ0v) is 9.40. The van der Waals surface area contributed by atoms with Gasteiger partial charge in [0.1, 0.15) is 17.6 Å². The zero-order valence-electron chi connectivity index (χ0n) is 9.40. The van der Waals surface area contributed by atoms with Crippen LogP contribution in [-0.2, 0) is 11.3 Å². The Balaban J connectivity index is 2.03. The standard InChI is InChI=1S/C11H17N3O2/c1-8-2-3-9(16-8)7-14-5-4-13-6-10(14)11(12)15/h2-3,10,13H,4-7H2,1H3,(H2,12,15). The lowest BCUT2D eigenvalue weighted by molar-refractivity contribution is -0.124. The van der Waals surface area contributed by atoms with Gasteiger partial charge in [0, 0.05) is 19.6 Å². The van der Waals surface area contributed by atoms with Crippen LogP contribution in [0.1, 0.15) is 11.5 Å². The molecule has 3 N–H and O–H groups in total. The van der Waals surface area contributed by atoms with Gasteiger partial charge in [0.2, 0.25) is 5.91 Å². The van der Waals surface area contributed by atoms with Gasteiger partial charge in [-0.15, -0.1) is 0 Å². The molecule has 16 heavy (non-hydrogen) atoms. The number of primary amides is 1. The molecule has 5 nitrogen and oxygen atoms in total. The lowest BCUT2D eigenvalue weighted by Crippen LogP contribution is -2.56. The summed E-state index contributed by atoms with van der Waals surface area (Å²) in [6, 6.07) is 3.63. The minimum atomic E-state index is -0.282. The molecular formula is C11H17N3O2. The van der Waals surface area contributed by atoms with E-state index in [0.717, 1.165) is 24.6 Å². The first kappa shape index (κ1) is 11.2. The highest BCUT2D eigenvalue weighted by Crippen LogP contribution is 2.12. The third-order valence-electron chi connectivity index (χ3n) is 2.84. The summed E-state index contributed by atoms with van der Waals surface area (Å²) in [5.41, 5.74) is 5.37. The van der Waals surface area contributed by atoms with Gasteiger partial charge in [-0.1, -0.05) is 0 Å². The van der Waals surface area contributed by atoms with E-state index in [9.17, 15) is 4.79 Å². The molecule has 0 aromatic carbocycles. The van der Waals surface area contributed by atoms with Crippen molar-refractivity contribution in [3.8, 4) is 0 Å². The molecule has 1 aliphatic rings. The first-order valence-electron chi connectivity index (χ1n) is 5.46. The maximum absolute atomic E-state index is 11.3. The van der Waals surface area contributed by atoms with Crippen LogP contribution in [0.25, 0.3) is 0 Å². The Morgan fingerprint density at radius 3 is 3.12 bits per heavy atom. The second-order valence-electron chi connectivity index (χ2n) is 4.11. The third kappa shape index (κ3) is 2.43. The minimum Gasteiger partial charge on any atom is -0.465 e. The monoisotopic (exact) mass is 223 g/mol. The lowest BCUT2D eigenvalue weighted by Gasteiger charge is -2.33. The molecule has 1 aromatic rings. The summed E-state index contributed by atoms with van der Waals surface area (Å²) in [4.78, 5) is 13.3. The number of hydrogen-bond acceptors (Lipinski definition) is 4. The SMILES string of the molecule is Cc1ccc(CN2CCNCC2C(N)=O)o1. The van der Waals surface area contributed by atoms with Crippen LogP contribution in [0.15, 0.2) is 16.5 Å². The molecule has 2 rings (SSSR count). The average molecular weight is 223 g/mol. The number of nitrogens with zero attached hydrogens (tertiary/aromatic N) is 1. The van der Waals surface area contributed by atoms with Crippen molar-refractivity contribution in [3.63, 3.8) is 0 Å². The van der Waals surface area contributed by atoms with Crippen LogP contribution in [0, 0.1) is 6.92 Å². The second kappa shape index (κ2) is 4.67. The smallest absolute Gasteiger partial charge is 0.236 e. The first-order chi connectivity index (χ1) is 7.66. The number of rotatable bonds is 3. The Morgan fingerprint density at radius 2 is 2.50 bits per heavy atom. The Morgan fingerprint density at radius 1 is 1.69 bits per heavy atom. The highest BCUT2D eigenvalue weighted by atomic mass is 16.3. The maximum atomic E-state index is 11.3. The fourth-order valence-corrected chi connectivity index (χ4v) is 1.99. The molecule has 2 heterocycles. The van der Waals surface area contributed by atoms with Crippen LogP contribution in [0.2, 0.25) is 0 Å². The van der Waals surface area contributed by atoms with Gasteiger partial charge < -0.3 is 15.5 Å². The normalized spacial score (nSPS) is 22.2. The number of amides is 1. The molecule has 1 aromatic heterocycles. The van der Waals surface area contributed by atoms with E-state index in [0.29, 0.717) is 13.1 Å². The zero-order chi connectivity index (χ0) is 11.5. The molecule has 1 amide bonds. The number of carbonyl (C=O) groups is 1. The van der Waals surface area contributed by atoms with E-state index in [1.54, 1.807) is 0 Å². The number of nitrogens with two attached hydrogens (primary N) is 1. The van der Waals surface area contributed by atoms with E-state index in [4.69, 9.17) is 10.2 Å². The molecule has 0 bridgehead atoms. The van der Waals surface area contributed by atoms with E-state index in [2.05, 4.69) is 10.2 Å². The molecule has 88 valence electrons. The molecule has 1 unspecified atom stereocenters. The fourth-order valence-electron chi connectivity index (χ4n) is 1.99. The molecule has 0 spiro atoms. The number of carbonyl (C=O) groups excluding carboxylic acids is 1. The molecule has 1 atom stereocenters. The third-order valence-corrected chi connectivity index (χ3v) is 2.84. The van der Waals surface area contributed by atoms with Crippen molar-refractivity contribution in [2.45, 2.75) is 19.5 Å². The highest BCUT2D eigenvalue weighted by molar-refractivity contribution is 5.80. The molecule has 1 fully saturated rings. The number of furan rings is 1. The van der Waals surface area contributed by atoms with Crippen molar-refractivity contribution in [1.29, 1.82) is 0 Å². The quantitative estimate of drug-likeness (QED) is 0.747. The van der Waals surface area contributed by atoms with Crippen molar-refractivity contribution >= 4 is 5.91 Å². The predicted molar refractivity (Wildman–Crippen MR) is 59.7 cm³/mol. The Labute approximate surface area is 94.6 Å². The van der Waals surface area contributed by atoms with Gasteiger partial charge in [-0.05, 0) is 19.1 Å². The second-order valence-corrected chi connectivity index (χ2v) is 4.11. The van der Waals surface area contributed by atoms with Crippen molar-refractivity contribution in [1.82, 2.24) is 10.2 Å². The largest absolute Gasteiger partial charge is 0.465 e. The van der Waals surface area contributed by atoms with Gasteiger partial charge in [-0.25, -0.2) is 0 Å². The van der Waals surface area contributed by atoms with Gasteiger partial charge in [0.15, 0.2) is 0 Å². The lowest BCUT2D eigenvalue weighted by atomic mass is 10.1. The van der Waals surface area contributed by atoms with Crippen LogP contribution in [-0.4, -0.2) is 36.5 Å². The summed E-state index contributed by atoms with van der Waals surface area (Å²) >= 11 is 0. The highest BCUT2D eigenvalue weighted by Gasteiger charge is 2.27. The Hall–Kier alpha value is -1.33. The number of aryl methyl sites for hydroxylation is 1. The molecule has 5 heteroatoms. The van der Waals surface area contributed by atoms with Crippen LogP contribution in [0.4, 0.5) is 0 Å². The fraction of sp³-hybridized carbons (Fsp3) is 0.545. The van der Waals surface area contributed by atoms with Crippen LogP contribution in [0.5, 0.6) is 0 Å². The summed E-state index contributed by atoms with van der Waals surface area (Å²) in [5, 5.41) is 3.16. The van der Waals surface area contributed by atoms with Crippen LogP contribution < -0.4 is 11.1 Å². The summed E-state index contributed by atoms with van der Waals surface area (Å²) in [5.74, 6) is 1.49. The molecule has 0 aliphatic carbocycles. The van der Waals surface area contributed by atoms with E-state index >= 15 is 0 Å².